The fourth-order valence-electron chi connectivity index (χ4n) is 3.69. The Bertz CT molecular complexity index is 1190. The maximum atomic E-state index is 14.4. The first-order valence-corrected chi connectivity index (χ1v) is 9.26. The maximum Gasteiger partial charge on any atom is 0.336 e. The van der Waals surface area contributed by atoms with Crippen LogP contribution in [0.4, 0.5) is 4.39 Å². The smallest absolute Gasteiger partial charge is 0.336 e. The number of halogens is 1. The summed E-state index contributed by atoms with van der Waals surface area (Å²) in [5.74, 6) is -0.855. The van der Waals surface area contributed by atoms with Gasteiger partial charge in [0.05, 0.1) is 16.6 Å². The molecule has 0 N–H and O–H groups in total. The number of benzene rings is 2. The van der Waals surface area contributed by atoms with Gasteiger partial charge in [-0.05, 0) is 44.0 Å². The quantitative estimate of drug-likeness (QED) is 0.699. The third kappa shape index (κ3) is 3.02. The van der Waals surface area contributed by atoms with Gasteiger partial charge in [0.15, 0.2) is 0 Å². The van der Waals surface area contributed by atoms with Crippen molar-refractivity contribution in [2.45, 2.75) is 26.3 Å². The Balaban J connectivity index is 1.98. The molecule has 4 rings (SSSR count). The van der Waals surface area contributed by atoms with Gasteiger partial charge in [0, 0.05) is 13.1 Å². The number of carbonyl (C=O) groups is 1. The molecule has 0 atom stereocenters. The molecule has 1 saturated heterocycles. The summed E-state index contributed by atoms with van der Waals surface area (Å²) in [6, 6.07) is 10.7. The van der Waals surface area contributed by atoms with E-state index < -0.39 is 17.1 Å². The SMILES string of the molecule is Cc1ccc2c(c1)c(=O)n(-c1ccccc1F)c(=O)n2CC(=O)N1CCCC1. The fourth-order valence-corrected chi connectivity index (χ4v) is 3.69. The summed E-state index contributed by atoms with van der Waals surface area (Å²) in [5.41, 5.74) is -0.234. The highest BCUT2D eigenvalue weighted by Gasteiger charge is 2.22. The summed E-state index contributed by atoms with van der Waals surface area (Å²) in [6.07, 6.45) is 1.88. The van der Waals surface area contributed by atoms with E-state index in [-0.39, 0.29) is 23.5 Å². The van der Waals surface area contributed by atoms with E-state index in [0.29, 0.717) is 18.6 Å². The second kappa shape index (κ2) is 7.07. The van der Waals surface area contributed by atoms with E-state index in [9.17, 15) is 18.8 Å². The van der Waals surface area contributed by atoms with Crippen molar-refractivity contribution in [1.29, 1.82) is 0 Å². The Labute approximate surface area is 160 Å². The largest absolute Gasteiger partial charge is 0.341 e. The van der Waals surface area contributed by atoms with E-state index in [1.54, 1.807) is 29.2 Å². The molecule has 0 spiro atoms. The minimum Gasteiger partial charge on any atom is -0.341 e. The highest BCUT2D eigenvalue weighted by Crippen LogP contribution is 2.15. The van der Waals surface area contributed by atoms with Crippen LogP contribution >= 0.6 is 0 Å². The van der Waals surface area contributed by atoms with E-state index in [4.69, 9.17) is 0 Å². The van der Waals surface area contributed by atoms with Crippen molar-refractivity contribution in [1.82, 2.24) is 14.0 Å². The molecule has 1 aromatic heterocycles. The average Bonchev–Trinajstić information content (AvgIpc) is 3.22. The second-order valence-corrected chi connectivity index (χ2v) is 7.07. The van der Waals surface area contributed by atoms with Crippen LogP contribution in [0.1, 0.15) is 18.4 Å². The van der Waals surface area contributed by atoms with Gasteiger partial charge < -0.3 is 4.90 Å². The number of hydrogen-bond acceptors (Lipinski definition) is 3. The van der Waals surface area contributed by atoms with Crippen LogP contribution in [-0.4, -0.2) is 33.0 Å². The number of hydrogen-bond donors (Lipinski definition) is 0. The molecule has 0 aliphatic carbocycles. The number of para-hydroxylation sites is 1. The zero-order valence-corrected chi connectivity index (χ0v) is 15.5. The molecule has 0 bridgehead atoms. The predicted octanol–water partition coefficient (Wildman–Crippen LogP) is 2.22. The van der Waals surface area contributed by atoms with Gasteiger partial charge >= 0.3 is 5.69 Å². The zero-order valence-electron chi connectivity index (χ0n) is 15.5. The molecule has 0 saturated carbocycles. The summed E-state index contributed by atoms with van der Waals surface area (Å²) < 4.78 is 16.5. The van der Waals surface area contributed by atoms with Crippen LogP contribution in [0.25, 0.3) is 16.6 Å². The van der Waals surface area contributed by atoms with Gasteiger partial charge in [0.25, 0.3) is 5.56 Å². The van der Waals surface area contributed by atoms with Gasteiger partial charge in [0.2, 0.25) is 5.91 Å². The van der Waals surface area contributed by atoms with Crippen molar-refractivity contribution < 1.29 is 9.18 Å². The molecule has 2 heterocycles. The zero-order chi connectivity index (χ0) is 19.8. The number of aromatic nitrogens is 2. The number of carbonyl (C=O) groups excluding carboxylic acids is 1. The Kier molecular flexibility index (Phi) is 4.58. The van der Waals surface area contributed by atoms with Gasteiger partial charge in [-0.15, -0.1) is 0 Å². The highest BCUT2D eigenvalue weighted by atomic mass is 19.1. The van der Waals surface area contributed by atoms with Gasteiger partial charge in [-0.2, -0.15) is 0 Å². The van der Waals surface area contributed by atoms with Crippen LogP contribution in [0.15, 0.2) is 52.1 Å². The van der Waals surface area contributed by atoms with E-state index in [1.165, 1.54) is 22.8 Å². The molecule has 1 fully saturated rings. The lowest BCUT2D eigenvalue weighted by atomic mass is 10.1. The number of fused-ring (bicyclic) bond motifs is 1. The third-order valence-electron chi connectivity index (χ3n) is 5.14. The van der Waals surface area contributed by atoms with Crippen molar-refractivity contribution in [3.05, 3.63) is 74.7 Å². The topological polar surface area (TPSA) is 64.3 Å². The minimum absolute atomic E-state index is 0.122. The molecule has 0 radical (unpaired) electrons. The summed E-state index contributed by atoms with van der Waals surface area (Å²) in [6.45, 7) is 2.97. The molecule has 144 valence electrons. The molecule has 28 heavy (non-hydrogen) atoms. The molecule has 7 heteroatoms. The lowest BCUT2D eigenvalue weighted by Gasteiger charge is -2.18. The van der Waals surface area contributed by atoms with E-state index in [2.05, 4.69) is 0 Å². The first-order valence-electron chi connectivity index (χ1n) is 9.26. The minimum atomic E-state index is -0.723. The van der Waals surface area contributed by atoms with Gasteiger partial charge in [-0.1, -0.05) is 23.8 Å². The van der Waals surface area contributed by atoms with E-state index >= 15 is 0 Å². The van der Waals surface area contributed by atoms with Crippen molar-refractivity contribution in [2.24, 2.45) is 0 Å². The molecule has 1 aliphatic heterocycles. The van der Waals surface area contributed by atoms with Crippen molar-refractivity contribution >= 4 is 16.8 Å². The van der Waals surface area contributed by atoms with Crippen molar-refractivity contribution in [2.75, 3.05) is 13.1 Å². The van der Waals surface area contributed by atoms with Crippen molar-refractivity contribution in [3.8, 4) is 5.69 Å². The molecule has 1 amide bonds. The molecule has 3 aromatic rings. The monoisotopic (exact) mass is 381 g/mol. The fraction of sp³-hybridized carbons (Fsp3) is 0.286. The number of nitrogens with zero attached hydrogens (tertiary/aromatic N) is 3. The Morgan fingerprint density at radius 3 is 2.50 bits per heavy atom. The molecule has 6 nitrogen and oxygen atoms in total. The summed E-state index contributed by atoms with van der Waals surface area (Å²) in [5, 5.41) is 0.275. The Morgan fingerprint density at radius 1 is 1.07 bits per heavy atom. The van der Waals surface area contributed by atoms with Crippen LogP contribution in [0, 0.1) is 12.7 Å². The maximum absolute atomic E-state index is 14.4. The standard InChI is InChI=1S/C21H20FN3O3/c1-14-8-9-17-15(12-14)20(27)25(18-7-3-2-6-16(18)22)21(28)24(17)13-19(26)23-10-4-5-11-23/h2-3,6-9,12H,4-5,10-11,13H2,1H3. The van der Waals surface area contributed by atoms with Crippen LogP contribution in [0.5, 0.6) is 0 Å². The van der Waals surface area contributed by atoms with Gasteiger partial charge in [-0.25, -0.2) is 13.8 Å². The van der Waals surface area contributed by atoms with Crippen LogP contribution in [0.2, 0.25) is 0 Å². The molecular weight excluding hydrogens is 361 g/mol. The summed E-state index contributed by atoms with van der Waals surface area (Å²) in [4.78, 5) is 40.6. The second-order valence-electron chi connectivity index (χ2n) is 7.07. The normalized spacial score (nSPS) is 14.0. The third-order valence-corrected chi connectivity index (χ3v) is 5.14. The van der Waals surface area contributed by atoms with Crippen LogP contribution < -0.4 is 11.2 Å². The Hall–Kier alpha value is -3.22. The molecular formula is C21H20FN3O3. The number of likely N-dealkylation sites (tertiary alicyclic amines) is 1. The molecule has 0 unspecified atom stereocenters. The average molecular weight is 381 g/mol. The molecule has 1 aliphatic rings. The first-order chi connectivity index (χ1) is 13.5. The number of amides is 1. The first kappa shape index (κ1) is 18.2. The number of rotatable bonds is 3. The lowest BCUT2D eigenvalue weighted by Crippen LogP contribution is -2.42. The lowest BCUT2D eigenvalue weighted by molar-refractivity contribution is -0.130. The summed E-state index contributed by atoms with van der Waals surface area (Å²) >= 11 is 0. The van der Waals surface area contributed by atoms with Gasteiger partial charge in [-0.3, -0.25) is 14.2 Å². The summed E-state index contributed by atoms with van der Waals surface area (Å²) in [7, 11) is 0. The van der Waals surface area contributed by atoms with E-state index in [1.807, 2.05) is 6.92 Å². The highest BCUT2D eigenvalue weighted by molar-refractivity contribution is 5.82. The van der Waals surface area contributed by atoms with Gasteiger partial charge in [0.1, 0.15) is 12.4 Å². The van der Waals surface area contributed by atoms with Crippen LogP contribution in [-0.2, 0) is 11.3 Å². The molecule has 2 aromatic carbocycles. The van der Waals surface area contributed by atoms with E-state index in [0.717, 1.165) is 23.0 Å². The van der Waals surface area contributed by atoms with Crippen LogP contribution in [0.3, 0.4) is 0 Å². The van der Waals surface area contributed by atoms with Crippen molar-refractivity contribution in [3.63, 3.8) is 0 Å². The number of aryl methyl sites for hydroxylation is 1. The predicted molar refractivity (Wildman–Crippen MR) is 104 cm³/mol. The Morgan fingerprint density at radius 2 is 1.79 bits per heavy atom.